The van der Waals surface area contributed by atoms with Gasteiger partial charge in [-0.05, 0) is 37.9 Å². The SMILES string of the molecule is CCCN1CCN(C(=O)c2cc(C(=O)N[C@H](CC)c3ccccc3)c3n2CCOC3)[C@@H](C)C1. The van der Waals surface area contributed by atoms with Crippen molar-refractivity contribution in [3.8, 4) is 0 Å². The molecule has 1 N–H and O–H groups in total. The van der Waals surface area contributed by atoms with Crippen molar-refractivity contribution in [2.75, 3.05) is 32.8 Å². The maximum Gasteiger partial charge on any atom is 0.270 e. The fourth-order valence-corrected chi connectivity index (χ4v) is 5.04. The van der Waals surface area contributed by atoms with Crippen molar-refractivity contribution in [3.05, 3.63) is 58.9 Å². The Balaban J connectivity index is 1.57. The summed E-state index contributed by atoms with van der Waals surface area (Å²) in [6.45, 7) is 11.4. The highest BCUT2D eigenvalue weighted by atomic mass is 16.5. The third-order valence-corrected chi connectivity index (χ3v) is 6.80. The van der Waals surface area contributed by atoms with Crippen molar-refractivity contribution in [3.63, 3.8) is 0 Å². The van der Waals surface area contributed by atoms with E-state index < -0.39 is 0 Å². The van der Waals surface area contributed by atoms with Gasteiger partial charge in [0.25, 0.3) is 11.8 Å². The second-order valence-electron chi connectivity index (χ2n) is 9.09. The number of fused-ring (bicyclic) bond motifs is 1. The number of benzene rings is 1. The standard InChI is InChI=1S/C26H36N4O3/c1-4-11-28-12-13-29(19(3)17-28)26(32)23-16-21(24-18-33-15-14-30(23)24)25(31)27-22(5-2)20-9-7-6-8-10-20/h6-10,16,19,22H,4-5,11-15,17-18H2,1-3H3,(H,27,31)/t19-,22+/m0/s1. The number of piperazine rings is 1. The lowest BCUT2D eigenvalue weighted by Crippen LogP contribution is -2.54. The van der Waals surface area contributed by atoms with Crippen LogP contribution in [0.2, 0.25) is 0 Å². The summed E-state index contributed by atoms with van der Waals surface area (Å²) in [6, 6.07) is 11.8. The number of hydrogen-bond acceptors (Lipinski definition) is 4. The number of amides is 2. The van der Waals surface area contributed by atoms with Gasteiger partial charge in [-0.15, -0.1) is 0 Å². The molecular formula is C26H36N4O3. The van der Waals surface area contributed by atoms with Crippen molar-refractivity contribution in [2.24, 2.45) is 0 Å². The van der Waals surface area contributed by atoms with Gasteiger partial charge < -0.3 is 19.5 Å². The normalized spacial score (nSPS) is 19.7. The van der Waals surface area contributed by atoms with Crippen LogP contribution in [0.5, 0.6) is 0 Å². The number of rotatable bonds is 7. The van der Waals surface area contributed by atoms with E-state index in [0.29, 0.717) is 37.6 Å². The van der Waals surface area contributed by atoms with Crippen LogP contribution in [0, 0.1) is 0 Å². The lowest BCUT2D eigenvalue weighted by atomic mass is 10.0. The molecule has 2 amide bonds. The highest BCUT2D eigenvalue weighted by molar-refractivity contribution is 6.01. The molecule has 4 rings (SSSR count). The Bertz CT molecular complexity index is 971. The molecule has 178 valence electrons. The van der Waals surface area contributed by atoms with Crippen molar-refractivity contribution >= 4 is 11.8 Å². The molecule has 0 unspecified atom stereocenters. The highest BCUT2D eigenvalue weighted by Gasteiger charge is 2.33. The molecule has 7 heteroatoms. The molecule has 0 saturated carbocycles. The number of aromatic nitrogens is 1. The number of nitrogens with one attached hydrogen (secondary N) is 1. The smallest absolute Gasteiger partial charge is 0.270 e. The Kier molecular flexibility index (Phi) is 7.50. The van der Waals surface area contributed by atoms with Crippen LogP contribution in [0.3, 0.4) is 0 Å². The van der Waals surface area contributed by atoms with Crippen LogP contribution in [0.15, 0.2) is 36.4 Å². The first-order valence-electron chi connectivity index (χ1n) is 12.2. The minimum Gasteiger partial charge on any atom is -0.373 e. The molecule has 1 saturated heterocycles. The zero-order chi connectivity index (χ0) is 23.4. The van der Waals surface area contributed by atoms with E-state index in [0.717, 1.165) is 43.7 Å². The van der Waals surface area contributed by atoms with E-state index in [4.69, 9.17) is 4.74 Å². The first-order chi connectivity index (χ1) is 16.0. The maximum absolute atomic E-state index is 13.6. The first kappa shape index (κ1) is 23.5. The van der Waals surface area contributed by atoms with Crippen molar-refractivity contribution in [1.29, 1.82) is 0 Å². The van der Waals surface area contributed by atoms with Gasteiger partial charge in [-0.25, -0.2) is 0 Å². The number of carbonyl (C=O) groups excluding carboxylic acids is 2. The second kappa shape index (κ2) is 10.5. The average Bonchev–Trinajstić information content (AvgIpc) is 3.23. The van der Waals surface area contributed by atoms with E-state index in [2.05, 4.69) is 31.0 Å². The molecule has 2 aliphatic heterocycles. The molecule has 1 aromatic carbocycles. The first-order valence-corrected chi connectivity index (χ1v) is 12.2. The lowest BCUT2D eigenvalue weighted by molar-refractivity contribution is 0.0462. The third kappa shape index (κ3) is 4.99. The van der Waals surface area contributed by atoms with Gasteiger partial charge in [0, 0.05) is 32.2 Å². The predicted molar refractivity (Wildman–Crippen MR) is 128 cm³/mol. The van der Waals surface area contributed by atoms with E-state index in [-0.39, 0.29) is 23.9 Å². The minimum absolute atomic E-state index is 0.0101. The molecule has 0 spiro atoms. The van der Waals surface area contributed by atoms with Crippen molar-refractivity contribution in [1.82, 2.24) is 19.7 Å². The van der Waals surface area contributed by atoms with Gasteiger partial charge in [-0.3, -0.25) is 14.5 Å². The fourth-order valence-electron chi connectivity index (χ4n) is 5.04. The number of carbonyl (C=O) groups is 2. The zero-order valence-corrected chi connectivity index (χ0v) is 20.0. The maximum atomic E-state index is 13.6. The van der Waals surface area contributed by atoms with Crippen LogP contribution in [-0.2, 0) is 17.9 Å². The largest absolute Gasteiger partial charge is 0.373 e. The molecule has 0 radical (unpaired) electrons. The summed E-state index contributed by atoms with van der Waals surface area (Å²) in [5, 5.41) is 3.17. The average molecular weight is 453 g/mol. The molecule has 7 nitrogen and oxygen atoms in total. The van der Waals surface area contributed by atoms with E-state index >= 15 is 0 Å². The Hall–Kier alpha value is -2.64. The summed E-state index contributed by atoms with van der Waals surface area (Å²) in [6.07, 6.45) is 1.90. The van der Waals surface area contributed by atoms with Crippen LogP contribution in [0.1, 0.15) is 71.8 Å². The van der Waals surface area contributed by atoms with Gasteiger partial charge in [0.05, 0.1) is 30.5 Å². The zero-order valence-electron chi connectivity index (χ0n) is 20.0. The monoisotopic (exact) mass is 452 g/mol. The number of nitrogens with zero attached hydrogens (tertiary/aromatic N) is 3. The quantitative estimate of drug-likeness (QED) is 0.699. The molecular weight excluding hydrogens is 416 g/mol. The van der Waals surface area contributed by atoms with Gasteiger partial charge in [0.1, 0.15) is 5.69 Å². The summed E-state index contributed by atoms with van der Waals surface area (Å²) in [4.78, 5) is 31.3. The van der Waals surface area contributed by atoms with Crippen molar-refractivity contribution in [2.45, 2.75) is 58.8 Å². The molecule has 1 aromatic heterocycles. The molecule has 2 aromatic rings. The molecule has 33 heavy (non-hydrogen) atoms. The Labute approximate surface area is 196 Å². The lowest BCUT2D eigenvalue weighted by Gasteiger charge is -2.40. The molecule has 0 aliphatic carbocycles. The van der Waals surface area contributed by atoms with E-state index in [1.807, 2.05) is 39.8 Å². The van der Waals surface area contributed by atoms with Crippen molar-refractivity contribution < 1.29 is 14.3 Å². The van der Waals surface area contributed by atoms with Gasteiger partial charge in [0.2, 0.25) is 0 Å². The Morgan fingerprint density at radius 1 is 1.15 bits per heavy atom. The summed E-state index contributed by atoms with van der Waals surface area (Å²) < 4.78 is 7.67. The van der Waals surface area contributed by atoms with Crippen LogP contribution < -0.4 is 5.32 Å². The van der Waals surface area contributed by atoms with E-state index in [9.17, 15) is 9.59 Å². The van der Waals surface area contributed by atoms with E-state index in [1.54, 1.807) is 6.07 Å². The van der Waals surface area contributed by atoms with Gasteiger partial charge >= 0.3 is 0 Å². The predicted octanol–water partition coefficient (Wildman–Crippen LogP) is 3.46. The third-order valence-electron chi connectivity index (χ3n) is 6.80. The van der Waals surface area contributed by atoms with Gasteiger partial charge in [-0.1, -0.05) is 44.2 Å². The van der Waals surface area contributed by atoms with Gasteiger partial charge in [0.15, 0.2) is 0 Å². The molecule has 0 bridgehead atoms. The van der Waals surface area contributed by atoms with Crippen LogP contribution in [0.25, 0.3) is 0 Å². The molecule has 2 atom stereocenters. The summed E-state index contributed by atoms with van der Waals surface area (Å²) in [5.74, 6) is -0.143. The van der Waals surface area contributed by atoms with Crippen LogP contribution in [0.4, 0.5) is 0 Å². The van der Waals surface area contributed by atoms with Crippen LogP contribution >= 0.6 is 0 Å². The highest BCUT2D eigenvalue weighted by Crippen LogP contribution is 2.25. The number of hydrogen-bond donors (Lipinski definition) is 1. The fraction of sp³-hybridized carbons (Fsp3) is 0.538. The summed E-state index contributed by atoms with van der Waals surface area (Å²) in [5.41, 5.74) is 3.02. The topological polar surface area (TPSA) is 66.8 Å². The summed E-state index contributed by atoms with van der Waals surface area (Å²) in [7, 11) is 0. The minimum atomic E-state index is -0.153. The molecule has 3 heterocycles. The second-order valence-corrected chi connectivity index (χ2v) is 9.09. The molecule has 1 fully saturated rings. The summed E-state index contributed by atoms with van der Waals surface area (Å²) >= 11 is 0. The van der Waals surface area contributed by atoms with Gasteiger partial charge in [-0.2, -0.15) is 0 Å². The van der Waals surface area contributed by atoms with E-state index in [1.165, 1.54) is 0 Å². The Morgan fingerprint density at radius 2 is 1.94 bits per heavy atom. The molecule has 2 aliphatic rings. The number of ether oxygens (including phenoxy) is 1. The Morgan fingerprint density at radius 3 is 2.64 bits per heavy atom. The van der Waals surface area contributed by atoms with Crippen LogP contribution in [-0.4, -0.2) is 65.0 Å².